The van der Waals surface area contributed by atoms with Gasteiger partial charge in [0, 0.05) is 31.1 Å². The molecule has 9 heteroatoms. The van der Waals surface area contributed by atoms with Crippen molar-refractivity contribution in [1.82, 2.24) is 4.57 Å². The van der Waals surface area contributed by atoms with Gasteiger partial charge in [0.1, 0.15) is 11.5 Å². The van der Waals surface area contributed by atoms with Crippen molar-refractivity contribution in [2.24, 2.45) is 17.6 Å². The van der Waals surface area contributed by atoms with Gasteiger partial charge in [-0.25, -0.2) is 13.6 Å². The number of carboxylic acid groups (broad SMARTS) is 1. The van der Waals surface area contributed by atoms with E-state index in [0.29, 0.717) is 13.1 Å². The first-order chi connectivity index (χ1) is 14.3. The second-order valence-electron chi connectivity index (χ2n) is 8.31. The molecule has 0 radical (unpaired) electrons. The van der Waals surface area contributed by atoms with Gasteiger partial charge in [0.15, 0.2) is 11.6 Å². The Morgan fingerprint density at radius 2 is 2.03 bits per heavy atom. The minimum Gasteiger partial charge on any atom is -0.449 e. The van der Waals surface area contributed by atoms with Crippen molar-refractivity contribution >= 4 is 22.7 Å². The summed E-state index contributed by atoms with van der Waals surface area (Å²) < 4.78 is 36.9. The number of pyridine rings is 1. The first kappa shape index (κ1) is 19.0. The highest BCUT2D eigenvalue weighted by Gasteiger charge is 2.39. The third kappa shape index (κ3) is 2.96. The zero-order chi connectivity index (χ0) is 21.2. The van der Waals surface area contributed by atoms with E-state index in [4.69, 9.17) is 10.8 Å². The zero-order valence-electron chi connectivity index (χ0n) is 16.1. The fraction of sp³-hybridized carbons (Fsp3) is 0.429. The van der Waals surface area contributed by atoms with E-state index >= 15 is 8.78 Å². The van der Waals surface area contributed by atoms with Crippen LogP contribution in [-0.2, 0) is 0 Å². The van der Waals surface area contributed by atoms with Crippen LogP contribution in [0.4, 0.5) is 19.3 Å². The van der Waals surface area contributed by atoms with Gasteiger partial charge in [-0.15, -0.1) is 0 Å². The van der Waals surface area contributed by atoms with Gasteiger partial charge in [-0.05, 0) is 31.2 Å². The Labute approximate surface area is 170 Å². The summed E-state index contributed by atoms with van der Waals surface area (Å²) in [6.45, 7) is 0.880. The fourth-order valence-electron chi connectivity index (χ4n) is 4.78. The quantitative estimate of drug-likeness (QED) is 0.589. The zero-order valence-corrected chi connectivity index (χ0v) is 16.1. The normalized spacial score (nSPS) is 25.6. The van der Waals surface area contributed by atoms with Crippen molar-refractivity contribution in [2.45, 2.75) is 31.3 Å². The maximum Gasteiger partial charge on any atom is 0.511 e. The van der Waals surface area contributed by atoms with Crippen molar-refractivity contribution in [2.75, 3.05) is 18.0 Å². The standard InChI is InChI=1S/C21H21F2N3O4/c22-14-6-12-18(26(11-4-5-11)9-16(20(12)27)30-21(28)29)17(23)19(14)25-7-10-2-1-3-15(24)13(10)8-25/h1-2,6,9-11,13,15H,3-5,7-8,24H2,(H,28,29). The summed E-state index contributed by atoms with van der Waals surface area (Å²) >= 11 is 0. The van der Waals surface area contributed by atoms with Gasteiger partial charge < -0.3 is 25.0 Å². The second kappa shape index (κ2) is 6.80. The third-order valence-corrected chi connectivity index (χ3v) is 6.36. The molecule has 2 aromatic rings. The van der Waals surface area contributed by atoms with Crippen LogP contribution in [0.3, 0.4) is 0 Å². The van der Waals surface area contributed by atoms with Crippen LogP contribution in [0.15, 0.2) is 29.2 Å². The van der Waals surface area contributed by atoms with Gasteiger partial charge in [-0.3, -0.25) is 4.79 Å². The summed E-state index contributed by atoms with van der Waals surface area (Å²) in [6.07, 6.45) is 5.87. The third-order valence-electron chi connectivity index (χ3n) is 6.36. The molecule has 0 amide bonds. The van der Waals surface area contributed by atoms with Crippen LogP contribution in [0.1, 0.15) is 25.3 Å². The number of carbonyl (C=O) groups is 1. The lowest BCUT2D eigenvalue weighted by Gasteiger charge is -2.25. The van der Waals surface area contributed by atoms with E-state index in [1.54, 1.807) is 4.90 Å². The van der Waals surface area contributed by atoms with Crippen LogP contribution in [0.25, 0.3) is 10.9 Å². The maximum absolute atomic E-state index is 15.7. The van der Waals surface area contributed by atoms with Gasteiger partial charge in [-0.1, -0.05) is 12.2 Å². The number of halogens is 2. The highest BCUT2D eigenvalue weighted by molar-refractivity contribution is 5.86. The van der Waals surface area contributed by atoms with Crippen molar-refractivity contribution in [3.8, 4) is 5.75 Å². The number of anilines is 1. The molecule has 30 heavy (non-hydrogen) atoms. The molecule has 3 atom stereocenters. The predicted molar refractivity (Wildman–Crippen MR) is 106 cm³/mol. The summed E-state index contributed by atoms with van der Waals surface area (Å²) in [5.74, 6) is -1.89. The molecule has 158 valence electrons. The SMILES string of the molecule is NC1CC=CC2CN(c3c(F)cc4c(=O)c(OC(=O)O)cn(C5CC5)c4c3F)CC12. The summed E-state index contributed by atoms with van der Waals surface area (Å²) in [7, 11) is 0. The number of hydrogen-bond acceptors (Lipinski definition) is 5. The Morgan fingerprint density at radius 3 is 2.70 bits per heavy atom. The number of nitrogens with zero attached hydrogens (tertiary/aromatic N) is 2. The molecule has 5 rings (SSSR count). The molecular weight excluding hydrogens is 396 g/mol. The average molecular weight is 417 g/mol. The van der Waals surface area contributed by atoms with Crippen molar-refractivity contribution < 1.29 is 23.4 Å². The monoisotopic (exact) mass is 417 g/mol. The highest BCUT2D eigenvalue weighted by Crippen LogP contribution is 2.42. The van der Waals surface area contributed by atoms with Gasteiger partial charge in [0.25, 0.3) is 0 Å². The van der Waals surface area contributed by atoms with Gasteiger partial charge in [-0.2, -0.15) is 0 Å². The maximum atomic E-state index is 15.7. The van der Waals surface area contributed by atoms with E-state index in [1.807, 2.05) is 6.08 Å². The van der Waals surface area contributed by atoms with E-state index < -0.39 is 29.0 Å². The Morgan fingerprint density at radius 1 is 1.27 bits per heavy atom. The molecule has 1 aromatic carbocycles. The lowest BCUT2D eigenvalue weighted by atomic mass is 9.83. The van der Waals surface area contributed by atoms with E-state index in [-0.39, 0.29) is 40.5 Å². The molecule has 1 aromatic heterocycles. The Bertz CT molecular complexity index is 1140. The molecule has 7 nitrogen and oxygen atoms in total. The topological polar surface area (TPSA) is 97.8 Å². The van der Waals surface area contributed by atoms with Crippen LogP contribution >= 0.6 is 0 Å². The summed E-state index contributed by atoms with van der Waals surface area (Å²) in [4.78, 5) is 25.3. The van der Waals surface area contributed by atoms with E-state index in [0.717, 1.165) is 25.3 Å². The van der Waals surface area contributed by atoms with Crippen molar-refractivity contribution in [3.05, 3.63) is 46.3 Å². The Balaban J connectivity index is 1.66. The second-order valence-corrected chi connectivity index (χ2v) is 8.31. The van der Waals surface area contributed by atoms with Gasteiger partial charge in [0.2, 0.25) is 5.43 Å². The molecule has 0 spiro atoms. The number of ether oxygens (including phenoxy) is 1. The predicted octanol–water partition coefficient (Wildman–Crippen LogP) is 3.01. The smallest absolute Gasteiger partial charge is 0.449 e. The van der Waals surface area contributed by atoms with E-state index in [9.17, 15) is 9.59 Å². The number of hydrogen-bond donors (Lipinski definition) is 2. The van der Waals surface area contributed by atoms with Crippen molar-refractivity contribution in [1.29, 1.82) is 0 Å². The molecule has 2 fully saturated rings. The first-order valence-corrected chi connectivity index (χ1v) is 10.00. The molecule has 3 N–H and O–H groups in total. The van der Waals surface area contributed by atoms with Crippen LogP contribution in [-0.4, -0.2) is 35.0 Å². The van der Waals surface area contributed by atoms with Crippen LogP contribution < -0.4 is 20.8 Å². The largest absolute Gasteiger partial charge is 0.511 e. The lowest BCUT2D eigenvalue weighted by molar-refractivity contribution is 0.143. The molecule has 2 aliphatic carbocycles. The summed E-state index contributed by atoms with van der Waals surface area (Å²) in [5.41, 5.74) is 5.16. The fourth-order valence-corrected chi connectivity index (χ4v) is 4.78. The molecule has 1 aliphatic heterocycles. The first-order valence-electron chi connectivity index (χ1n) is 10.00. The van der Waals surface area contributed by atoms with E-state index in [2.05, 4.69) is 10.8 Å². The number of fused-ring (bicyclic) bond motifs is 2. The Kier molecular flexibility index (Phi) is 4.32. The number of nitrogens with two attached hydrogens (primary N) is 1. The summed E-state index contributed by atoms with van der Waals surface area (Å²) in [5, 5.41) is 8.66. The molecule has 1 saturated heterocycles. The molecule has 0 bridgehead atoms. The van der Waals surface area contributed by atoms with E-state index in [1.165, 1.54) is 10.8 Å². The molecule has 1 saturated carbocycles. The molecule has 2 heterocycles. The van der Waals surface area contributed by atoms with Crippen LogP contribution in [0, 0.1) is 23.5 Å². The minimum atomic E-state index is -1.66. The molecule has 3 aliphatic rings. The number of rotatable bonds is 3. The van der Waals surface area contributed by atoms with Gasteiger partial charge in [0.05, 0.1) is 17.1 Å². The van der Waals surface area contributed by atoms with Crippen LogP contribution in [0.2, 0.25) is 0 Å². The molecule has 3 unspecified atom stereocenters. The van der Waals surface area contributed by atoms with Crippen molar-refractivity contribution in [3.63, 3.8) is 0 Å². The Hall–Kier alpha value is -2.94. The number of benzene rings is 1. The number of aromatic nitrogens is 1. The molecular formula is C21H21F2N3O4. The highest BCUT2D eigenvalue weighted by atomic mass is 19.1. The van der Waals surface area contributed by atoms with Gasteiger partial charge >= 0.3 is 6.16 Å². The average Bonchev–Trinajstić information content (AvgIpc) is 3.43. The summed E-state index contributed by atoms with van der Waals surface area (Å²) in [6, 6.07) is 0.841. The minimum absolute atomic E-state index is 0.0219. The lowest BCUT2D eigenvalue weighted by Crippen LogP contribution is -2.36. The van der Waals surface area contributed by atoms with Crippen LogP contribution in [0.5, 0.6) is 5.75 Å².